The number of nitrogens with zero attached hydrogens (tertiary/aromatic N) is 3. The highest BCUT2D eigenvalue weighted by atomic mass is 32.2. The molecule has 1 aromatic rings. The summed E-state index contributed by atoms with van der Waals surface area (Å²) in [6.07, 6.45) is 8.53. The maximum atomic E-state index is 9.41. The first kappa shape index (κ1) is 13.9. The molecule has 1 unspecified atom stereocenters. The molecule has 1 saturated heterocycles. The number of aliphatic hydroxyl groups excluding tert-OH is 1. The first-order chi connectivity index (χ1) is 9.76. The van der Waals surface area contributed by atoms with Gasteiger partial charge < -0.3 is 15.3 Å². The van der Waals surface area contributed by atoms with Crippen molar-refractivity contribution in [2.75, 3.05) is 36.2 Å². The van der Waals surface area contributed by atoms with Gasteiger partial charge in [-0.2, -0.15) is 11.8 Å². The van der Waals surface area contributed by atoms with Gasteiger partial charge in [-0.25, -0.2) is 9.97 Å². The van der Waals surface area contributed by atoms with Crippen LogP contribution in [0.1, 0.15) is 25.7 Å². The molecule has 2 fully saturated rings. The lowest BCUT2D eigenvalue weighted by Gasteiger charge is -2.24. The molecule has 1 aliphatic heterocycles. The van der Waals surface area contributed by atoms with Crippen LogP contribution in [0.2, 0.25) is 0 Å². The Balaban J connectivity index is 1.66. The summed E-state index contributed by atoms with van der Waals surface area (Å²) < 4.78 is 0.423. The van der Waals surface area contributed by atoms with E-state index in [2.05, 4.69) is 26.4 Å². The van der Waals surface area contributed by atoms with E-state index in [0.717, 1.165) is 37.6 Å². The number of aliphatic hydroxyl groups is 1. The first-order valence-corrected chi connectivity index (χ1v) is 8.47. The highest BCUT2D eigenvalue weighted by Gasteiger charge is 2.41. The third-order valence-electron chi connectivity index (χ3n) is 4.37. The molecule has 0 bridgehead atoms. The van der Waals surface area contributed by atoms with Gasteiger partial charge in [0.2, 0.25) is 0 Å². The lowest BCUT2D eigenvalue weighted by Crippen LogP contribution is -2.32. The zero-order valence-electron chi connectivity index (χ0n) is 11.9. The van der Waals surface area contributed by atoms with E-state index in [0.29, 0.717) is 4.75 Å². The van der Waals surface area contributed by atoms with Crippen molar-refractivity contribution in [2.24, 2.45) is 0 Å². The molecular formula is C14H22N4OS. The van der Waals surface area contributed by atoms with Gasteiger partial charge in [0.1, 0.15) is 18.0 Å². The zero-order valence-corrected chi connectivity index (χ0v) is 12.7. The smallest absolute Gasteiger partial charge is 0.134 e. The van der Waals surface area contributed by atoms with Crippen LogP contribution in [0.15, 0.2) is 12.4 Å². The van der Waals surface area contributed by atoms with Crippen molar-refractivity contribution >= 4 is 23.4 Å². The van der Waals surface area contributed by atoms with Crippen LogP contribution in [0, 0.1) is 0 Å². The molecule has 5 nitrogen and oxygen atoms in total. The Morgan fingerprint density at radius 2 is 2.35 bits per heavy atom. The maximum Gasteiger partial charge on any atom is 0.134 e. The Bertz CT molecular complexity index is 466. The molecule has 0 amide bonds. The number of nitrogens with one attached hydrogen (secondary N) is 1. The Morgan fingerprint density at radius 3 is 3.05 bits per heavy atom. The minimum atomic E-state index is 0.197. The number of hydrogen-bond donors (Lipinski definition) is 2. The molecule has 2 heterocycles. The molecule has 1 saturated carbocycles. The van der Waals surface area contributed by atoms with Gasteiger partial charge in [-0.1, -0.05) is 0 Å². The van der Waals surface area contributed by atoms with Crippen LogP contribution in [0.25, 0.3) is 0 Å². The molecule has 2 N–H and O–H groups in total. The minimum Gasteiger partial charge on any atom is -0.394 e. The molecular weight excluding hydrogens is 272 g/mol. The topological polar surface area (TPSA) is 61.3 Å². The molecule has 1 atom stereocenters. The third kappa shape index (κ3) is 2.86. The maximum absolute atomic E-state index is 9.41. The van der Waals surface area contributed by atoms with Crippen molar-refractivity contribution < 1.29 is 5.11 Å². The highest BCUT2D eigenvalue weighted by Crippen LogP contribution is 2.47. The first-order valence-electron chi connectivity index (χ1n) is 7.25. The molecule has 2 aliphatic rings. The van der Waals surface area contributed by atoms with Crippen molar-refractivity contribution in [3.8, 4) is 0 Å². The lowest BCUT2D eigenvalue weighted by atomic mass is 10.2. The zero-order chi connectivity index (χ0) is 14.0. The summed E-state index contributed by atoms with van der Waals surface area (Å²) in [6.45, 7) is 2.13. The van der Waals surface area contributed by atoms with E-state index < -0.39 is 0 Å². The minimum absolute atomic E-state index is 0.197. The normalized spacial score (nSPS) is 23.9. The van der Waals surface area contributed by atoms with Gasteiger partial charge in [0.15, 0.2) is 0 Å². The predicted octanol–water partition coefficient (Wildman–Crippen LogP) is 1.75. The van der Waals surface area contributed by atoms with Crippen molar-refractivity contribution in [1.29, 1.82) is 0 Å². The van der Waals surface area contributed by atoms with Gasteiger partial charge in [0, 0.05) is 23.9 Å². The van der Waals surface area contributed by atoms with E-state index in [1.165, 1.54) is 12.8 Å². The second-order valence-electron chi connectivity index (χ2n) is 5.67. The second-order valence-corrected chi connectivity index (χ2v) is 6.95. The number of thioether (sulfide) groups is 1. The number of rotatable bonds is 6. The highest BCUT2D eigenvalue weighted by molar-refractivity contribution is 8.00. The van der Waals surface area contributed by atoms with Crippen molar-refractivity contribution in [3.63, 3.8) is 0 Å². The Hall–Kier alpha value is -1.01. The Labute approximate surface area is 124 Å². The predicted molar refractivity (Wildman–Crippen MR) is 83.5 cm³/mol. The van der Waals surface area contributed by atoms with Gasteiger partial charge in [0.05, 0.1) is 12.6 Å². The van der Waals surface area contributed by atoms with E-state index >= 15 is 0 Å². The Kier molecular flexibility index (Phi) is 4.03. The van der Waals surface area contributed by atoms with E-state index in [1.807, 2.05) is 17.8 Å². The summed E-state index contributed by atoms with van der Waals surface area (Å²) in [6, 6.07) is 2.21. The third-order valence-corrected chi connectivity index (χ3v) is 5.79. The summed E-state index contributed by atoms with van der Waals surface area (Å²) in [7, 11) is 0. The quantitative estimate of drug-likeness (QED) is 0.833. The summed E-state index contributed by atoms with van der Waals surface area (Å²) in [4.78, 5) is 10.9. The molecule has 1 aromatic heterocycles. The molecule has 0 spiro atoms. The lowest BCUT2D eigenvalue weighted by molar-refractivity contribution is 0.266. The number of anilines is 2. The molecule has 20 heavy (non-hydrogen) atoms. The fraction of sp³-hybridized carbons (Fsp3) is 0.714. The van der Waals surface area contributed by atoms with Crippen LogP contribution in [0.4, 0.5) is 11.6 Å². The van der Waals surface area contributed by atoms with Gasteiger partial charge in [0.25, 0.3) is 0 Å². The summed E-state index contributed by atoms with van der Waals surface area (Å²) in [5.41, 5.74) is 0. The molecule has 0 radical (unpaired) electrons. The summed E-state index contributed by atoms with van der Waals surface area (Å²) >= 11 is 1.94. The molecule has 6 heteroatoms. The van der Waals surface area contributed by atoms with Crippen LogP contribution in [-0.4, -0.2) is 51.8 Å². The van der Waals surface area contributed by atoms with Gasteiger partial charge >= 0.3 is 0 Å². The van der Waals surface area contributed by atoms with E-state index in [-0.39, 0.29) is 12.6 Å². The van der Waals surface area contributed by atoms with Gasteiger partial charge in [-0.3, -0.25) is 0 Å². The summed E-state index contributed by atoms with van der Waals surface area (Å²) in [5.74, 6) is 1.81. The molecule has 3 rings (SSSR count). The van der Waals surface area contributed by atoms with Crippen LogP contribution in [0.5, 0.6) is 0 Å². The number of aromatic nitrogens is 2. The molecule has 0 aromatic carbocycles. The van der Waals surface area contributed by atoms with Crippen LogP contribution >= 0.6 is 11.8 Å². The van der Waals surface area contributed by atoms with E-state index in [9.17, 15) is 5.11 Å². The van der Waals surface area contributed by atoms with Crippen molar-refractivity contribution in [2.45, 2.75) is 36.5 Å². The number of hydrogen-bond acceptors (Lipinski definition) is 6. The average Bonchev–Trinajstić information content (AvgIpc) is 3.12. The summed E-state index contributed by atoms with van der Waals surface area (Å²) in [5, 5.41) is 12.8. The Morgan fingerprint density at radius 1 is 1.50 bits per heavy atom. The van der Waals surface area contributed by atoms with Crippen LogP contribution < -0.4 is 10.2 Å². The van der Waals surface area contributed by atoms with Crippen LogP contribution in [-0.2, 0) is 0 Å². The van der Waals surface area contributed by atoms with Crippen molar-refractivity contribution in [3.05, 3.63) is 12.4 Å². The standard InChI is InChI=1S/C14H22N4OS/c1-20-14(4-5-14)9-15-12-7-13(17-10-16-12)18-6-2-3-11(18)8-19/h7,10-11,19H,2-6,8-9H2,1H3,(H,15,16,17). The molecule has 1 aliphatic carbocycles. The SMILES string of the molecule is CSC1(CNc2cc(N3CCCC3CO)ncn2)CC1. The van der Waals surface area contributed by atoms with Gasteiger partial charge in [-0.15, -0.1) is 0 Å². The van der Waals surface area contributed by atoms with Crippen molar-refractivity contribution in [1.82, 2.24) is 9.97 Å². The fourth-order valence-electron chi connectivity index (χ4n) is 2.77. The van der Waals surface area contributed by atoms with E-state index in [1.54, 1.807) is 6.33 Å². The van der Waals surface area contributed by atoms with E-state index in [4.69, 9.17) is 0 Å². The monoisotopic (exact) mass is 294 g/mol. The fourth-order valence-corrected chi connectivity index (χ4v) is 3.50. The van der Waals surface area contributed by atoms with Crippen LogP contribution in [0.3, 0.4) is 0 Å². The molecule has 110 valence electrons. The largest absolute Gasteiger partial charge is 0.394 e. The average molecular weight is 294 g/mol. The second kappa shape index (κ2) is 5.77. The van der Waals surface area contributed by atoms with Gasteiger partial charge in [-0.05, 0) is 31.9 Å².